The van der Waals surface area contributed by atoms with Gasteiger partial charge < -0.3 is 14.4 Å². The molecule has 0 spiro atoms. The Morgan fingerprint density at radius 3 is 2.07 bits per heavy atom. The molecule has 2 saturated heterocycles. The molecule has 2 unspecified atom stereocenters. The van der Waals surface area contributed by atoms with E-state index in [2.05, 4.69) is 22.1 Å². The molecule has 0 aliphatic carbocycles. The number of aromatic nitrogens is 2. The molecule has 2 bridgehead atoms. The number of ketones is 1. The lowest BCUT2D eigenvalue weighted by molar-refractivity contribution is -0.136. The van der Waals surface area contributed by atoms with E-state index in [9.17, 15) is 20.1 Å². The number of Topliss-reactive ketones (excluding diaryl/α,β-unsaturated/α-hetero) is 1. The highest BCUT2D eigenvalue weighted by atomic mass is 16.6. The van der Waals surface area contributed by atoms with E-state index in [0.29, 0.717) is 61.0 Å². The number of ether oxygens (including phenoxy) is 2. The van der Waals surface area contributed by atoms with Gasteiger partial charge in [0, 0.05) is 42.9 Å². The van der Waals surface area contributed by atoms with Crippen LogP contribution in [0.2, 0.25) is 0 Å². The van der Waals surface area contributed by atoms with Gasteiger partial charge in [0.1, 0.15) is 19.8 Å². The van der Waals surface area contributed by atoms with Crippen LogP contribution >= 0.6 is 0 Å². The highest BCUT2D eigenvalue weighted by Crippen LogP contribution is 2.34. The summed E-state index contributed by atoms with van der Waals surface area (Å²) in [5, 5.41) is 23.2. The molecule has 0 N–H and O–H groups in total. The van der Waals surface area contributed by atoms with Crippen molar-refractivity contribution in [1.82, 2.24) is 19.6 Å². The Bertz CT molecular complexity index is 1850. The molecule has 46 heavy (non-hydrogen) atoms. The van der Waals surface area contributed by atoms with Crippen molar-refractivity contribution >= 4 is 11.7 Å². The van der Waals surface area contributed by atoms with Crippen LogP contribution in [0.15, 0.2) is 72.9 Å². The molecule has 4 heterocycles. The number of piperidine rings is 2. The maximum Gasteiger partial charge on any atom is 0.244 e. The van der Waals surface area contributed by atoms with Crippen LogP contribution in [0.4, 0.5) is 0 Å². The Morgan fingerprint density at radius 1 is 0.783 bits per heavy atom. The van der Waals surface area contributed by atoms with E-state index in [1.807, 2.05) is 29.2 Å². The van der Waals surface area contributed by atoms with Crippen LogP contribution in [0.5, 0.6) is 11.5 Å². The van der Waals surface area contributed by atoms with Gasteiger partial charge >= 0.3 is 0 Å². The summed E-state index contributed by atoms with van der Waals surface area (Å²) in [6.07, 6.45) is 2.79. The molecule has 10 nitrogen and oxygen atoms in total. The molecular formula is C36H32N6O4. The highest BCUT2D eigenvalue weighted by molar-refractivity contribution is 5.98. The van der Waals surface area contributed by atoms with E-state index >= 15 is 0 Å². The van der Waals surface area contributed by atoms with Crippen LogP contribution < -0.4 is 9.47 Å². The van der Waals surface area contributed by atoms with E-state index in [4.69, 9.17) is 9.47 Å². The van der Waals surface area contributed by atoms with Gasteiger partial charge in [0.25, 0.3) is 0 Å². The van der Waals surface area contributed by atoms with Gasteiger partial charge in [-0.15, -0.1) is 0 Å². The smallest absolute Gasteiger partial charge is 0.244 e. The molecule has 0 radical (unpaired) electrons. The first-order valence-electron chi connectivity index (χ1n) is 15.5. The first-order valence-corrected chi connectivity index (χ1v) is 15.5. The summed E-state index contributed by atoms with van der Waals surface area (Å²) >= 11 is 0. The molecule has 230 valence electrons. The Morgan fingerprint density at radius 2 is 1.41 bits per heavy atom. The number of amides is 1. The summed E-state index contributed by atoms with van der Waals surface area (Å²) in [4.78, 5) is 31.1. The van der Waals surface area contributed by atoms with Gasteiger partial charge in [0.05, 0.1) is 41.7 Å². The van der Waals surface area contributed by atoms with Crippen molar-refractivity contribution in [3.63, 3.8) is 0 Å². The SMILES string of the molecule is N#Cc1ccc(-c2cnn(CC(=O)N3CC4CC(CN(CC(=O)c5ccc6c(c5)OCCO6)C4)C3)c2-c2ccc(C#N)cc2)cc1. The summed E-state index contributed by atoms with van der Waals surface area (Å²) < 4.78 is 13.0. The van der Waals surface area contributed by atoms with Crippen molar-refractivity contribution in [2.75, 3.05) is 45.9 Å². The fraction of sp³-hybridized carbons (Fsp3) is 0.306. The molecule has 3 aromatic carbocycles. The summed E-state index contributed by atoms with van der Waals surface area (Å²) in [5.74, 6) is 1.91. The van der Waals surface area contributed by atoms with Crippen molar-refractivity contribution in [2.24, 2.45) is 11.8 Å². The third-order valence-electron chi connectivity index (χ3n) is 8.98. The molecule has 10 heteroatoms. The molecule has 1 amide bonds. The number of carbonyl (C=O) groups is 2. The van der Waals surface area contributed by atoms with Gasteiger partial charge in [-0.05, 0) is 66.3 Å². The van der Waals surface area contributed by atoms with E-state index < -0.39 is 0 Å². The largest absolute Gasteiger partial charge is 0.486 e. The van der Waals surface area contributed by atoms with E-state index in [0.717, 1.165) is 41.9 Å². The predicted octanol–water partition coefficient (Wildman–Crippen LogP) is 4.39. The number of benzene rings is 3. The van der Waals surface area contributed by atoms with Crippen LogP contribution in [0.3, 0.4) is 0 Å². The minimum absolute atomic E-state index is 0.000113. The van der Waals surface area contributed by atoms with Crippen LogP contribution in [-0.4, -0.2) is 77.2 Å². The van der Waals surface area contributed by atoms with Gasteiger partial charge in [0.15, 0.2) is 17.3 Å². The zero-order valence-corrected chi connectivity index (χ0v) is 25.3. The minimum Gasteiger partial charge on any atom is -0.486 e. The average molecular weight is 613 g/mol. The van der Waals surface area contributed by atoms with Crippen molar-refractivity contribution in [2.45, 2.75) is 13.0 Å². The maximum atomic E-state index is 13.8. The zero-order chi connectivity index (χ0) is 31.6. The number of hydrogen-bond acceptors (Lipinski definition) is 8. The van der Waals surface area contributed by atoms with Crippen molar-refractivity contribution in [1.29, 1.82) is 10.5 Å². The second-order valence-electron chi connectivity index (χ2n) is 12.2. The van der Waals surface area contributed by atoms with Crippen molar-refractivity contribution in [3.05, 3.63) is 89.6 Å². The van der Waals surface area contributed by atoms with E-state index in [1.54, 1.807) is 53.3 Å². The number of likely N-dealkylation sites (tertiary alicyclic amines) is 2. The van der Waals surface area contributed by atoms with Crippen LogP contribution in [-0.2, 0) is 11.3 Å². The normalized spacial score (nSPS) is 18.8. The second-order valence-corrected chi connectivity index (χ2v) is 12.2. The zero-order valence-electron chi connectivity index (χ0n) is 25.3. The van der Waals surface area contributed by atoms with Gasteiger partial charge in [-0.25, -0.2) is 0 Å². The quantitative estimate of drug-likeness (QED) is 0.282. The van der Waals surface area contributed by atoms with Crippen LogP contribution in [0, 0.1) is 34.5 Å². The van der Waals surface area contributed by atoms with Gasteiger partial charge in [-0.1, -0.05) is 24.3 Å². The van der Waals surface area contributed by atoms with Crippen LogP contribution in [0.1, 0.15) is 27.9 Å². The Hall–Kier alpha value is -5.45. The standard InChI is InChI=1S/C36H32N6O4/c37-15-24-1-5-28(6-2-24)31-17-39-42(36(31)29-7-3-25(16-38)4-8-29)23-35(44)41-20-26-13-27(21-41)19-40(18-26)22-32(43)30-9-10-33-34(14-30)46-12-11-45-33/h1-10,14,17,26-27H,11-13,18-23H2. The minimum atomic E-state index is -0.000113. The summed E-state index contributed by atoms with van der Waals surface area (Å²) in [5.41, 5.74) is 5.09. The summed E-state index contributed by atoms with van der Waals surface area (Å²) in [6, 6.07) is 24.2. The molecule has 7 rings (SSSR count). The number of hydrogen-bond donors (Lipinski definition) is 0. The van der Waals surface area contributed by atoms with Gasteiger partial charge in [-0.2, -0.15) is 15.6 Å². The number of fused-ring (bicyclic) bond motifs is 3. The first-order chi connectivity index (χ1) is 22.5. The molecule has 0 saturated carbocycles. The summed E-state index contributed by atoms with van der Waals surface area (Å²) in [6.45, 7) is 4.20. The third kappa shape index (κ3) is 5.95. The lowest BCUT2D eigenvalue weighted by atomic mass is 9.84. The fourth-order valence-electron chi connectivity index (χ4n) is 6.91. The second kappa shape index (κ2) is 12.5. The number of nitrogens with zero attached hydrogens (tertiary/aromatic N) is 6. The molecule has 3 aliphatic rings. The average Bonchev–Trinajstić information content (AvgIpc) is 3.50. The van der Waals surface area contributed by atoms with Crippen molar-refractivity contribution < 1.29 is 19.1 Å². The summed E-state index contributed by atoms with van der Waals surface area (Å²) in [7, 11) is 0. The number of carbonyl (C=O) groups excluding carboxylic acids is 2. The lowest BCUT2D eigenvalue weighted by Gasteiger charge is -2.45. The lowest BCUT2D eigenvalue weighted by Crippen LogP contribution is -2.55. The molecular weight excluding hydrogens is 580 g/mol. The molecule has 1 aromatic heterocycles. The van der Waals surface area contributed by atoms with E-state index in [-0.39, 0.29) is 30.1 Å². The first kappa shape index (κ1) is 29.3. The predicted molar refractivity (Wildman–Crippen MR) is 169 cm³/mol. The molecule has 2 atom stereocenters. The molecule has 3 aliphatic heterocycles. The van der Waals surface area contributed by atoms with Gasteiger partial charge in [-0.3, -0.25) is 19.2 Å². The third-order valence-corrected chi connectivity index (χ3v) is 8.98. The Balaban J connectivity index is 1.04. The number of rotatable bonds is 7. The van der Waals surface area contributed by atoms with E-state index in [1.165, 1.54) is 0 Å². The van der Waals surface area contributed by atoms with Crippen LogP contribution in [0.25, 0.3) is 22.4 Å². The Kier molecular flexibility index (Phi) is 7.96. The monoisotopic (exact) mass is 612 g/mol. The fourth-order valence-corrected chi connectivity index (χ4v) is 6.91. The molecule has 4 aromatic rings. The maximum absolute atomic E-state index is 13.8. The molecule has 2 fully saturated rings. The number of nitriles is 2. The Labute approximate surface area is 267 Å². The highest BCUT2D eigenvalue weighted by Gasteiger charge is 2.37. The van der Waals surface area contributed by atoms with Gasteiger partial charge in [0.2, 0.25) is 5.91 Å². The van der Waals surface area contributed by atoms with Crippen molar-refractivity contribution in [3.8, 4) is 46.0 Å². The topological polar surface area (TPSA) is 124 Å².